The van der Waals surface area contributed by atoms with Gasteiger partial charge < -0.3 is 16.4 Å². The van der Waals surface area contributed by atoms with Crippen LogP contribution >= 0.6 is 15.9 Å². The van der Waals surface area contributed by atoms with Crippen LogP contribution in [-0.4, -0.2) is 24.5 Å². The van der Waals surface area contributed by atoms with Gasteiger partial charge in [-0.3, -0.25) is 9.78 Å². The van der Waals surface area contributed by atoms with Crippen molar-refractivity contribution >= 4 is 33.2 Å². The van der Waals surface area contributed by atoms with E-state index in [0.717, 1.165) is 10.2 Å². The predicted octanol–water partition coefficient (Wildman–Crippen LogP) is 0.974. The van der Waals surface area contributed by atoms with Gasteiger partial charge in [-0.2, -0.15) is 0 Å². The second kappa shape index (κ2) is 5.55. The molecule has 0 saturated carbocycles. The lowest BCUT2D eigenvalue weighted by Crippen LogP contribution is -2.21. The second-order valence-corrected chi connectivity index (χ2v) is 3.79. The summed E-state index contributed by atoms with van der Waals surface area (Å²) in [4.78, 5) is 14.9. The topological polar surface area (TPSA) is 80.0 Å². The number of hydrogen-bond acceptors (Lipinski definition) is 4. The number of nitrogens with zero attached hydrogens (tertiary/aromatic N) is 1. The standard InChI is InChI=1S/C9H13BrN4O/c1-12-8(15)2-3-14-9-6(10)4-13-5-7(9)11/h4-5H,2-3,11H2,1H3,(H,12,15)(H,13,14). The van der Waals surface area contributed by atoms with Crippen molar-refractivity contribution < 1.29 is 4.79 Å². The van der Waals surface area contributed by atoms with Gasteiger partial charge in [0, 0.05) is 26.2 Å². The van der Waals surface area contributed by atoms with Crippen molar-refractivity contribution in [3.05, 3.63) is 16.9 Å². The number of amides is 1. The van der Waals surface area contributed by atoms with Crippen LogP contribution in [0.4, 0.5) is 11.4 Å². The summed E-state index contributed by atoms with van der Waals surface area (Å²) in [5.41, 5.74) is 7.04. The summed E-state index contributed by atoms with van der Waals surface area (Å²) in [6, 6.07) is 0. The van der Waals surface area contributed by atoms with E-state index in [1.807, 2.05) is 0 Å². The molecule has 0 radical (unpaired) electrons. The molecule has 82 valence electrons. The van der Waals surface area contributed by atoms with Gasteiger partial charge in [-0.15, -0.1) is 0 Å². The average molecular weight is 273 g/mol. The van der Waals surface area contributed by atoms with Crippen LogP contribution in [0.3, 0.4) is 0 Å². The molecule has 4 N–H and O–H groups in total. The third kappa shape index (κ3) is 3.39. The van der Waals surface area contributed by atoms with Crippen molar-refractivity contribution in [2.24, 2.45) is 0 Å². The highest BCUT2D eigenvalue weighted by atomic mass is 79.9. The Labute approximate surface area is 96.6 Å². The van der Waals surface area contributed by atoms with Gasteiger partial charge in [-0.25, -0.2) is 0 Å². The minimum Gasteiger partial charge on any atom is -0.396 e. The first kappa shape index (κ1) is 11.8. The summed E-state index contributed by atoms with van der Waals surface area (Å²) in [6.07, 6.45) is 3.62. The predicted molar refractivity (Wildman–Crippen MR) is 63.5 cm³/mol. The molecule has 0 unspecified atom stereocenters. The number of carbonyl (C=O) groups excluding carboxylic acids is 1. The zero-order valence-electron chi connectivity index (χ0n) is 8.38. The van der Waals surface area contributed by atoms with Crippen LogP contribution in [-0.2, 0) is 4.79 Å². The van der Waals surface area contributed by atoms with Crippen LogP contribution in [0.1, 0.15) is 6.42 Å². The quantitative estimate of drug-likeness (QED) is 0.763. The first-order valence-corrected chi connectivity index (χ1v) is 5.28. The van der Waals surface area contributed by atoms with Crippen molar-refractivity contribution in [2.45, 2.75) is 6.42 Å². The molecule has 0 bridgehead atoms. The van der Waals surface area contributed by atoms with Gasteiger partial charge in [0.05, 0.1) is 22.0 Å². The van der Waals surface area contributed by atoms with E-state index < -0.39 is 0 Å². The molecule has 0 aliphatic heterocycles. The van der Waals surface area contributed by atoms with E-state index in [1.54, 1.807) is 19.4 Å². The van der Waals surface area contributed by atoms with Crippen LogP contribution < -0.4 is 16.4 Å². The van der Waals surface area contributed by atoms with Crippen molar-refractivity contribution in [3.8, 4) is 0 Å². The normalized spacial score (nSPS) is 9.73. The number of carbonyl (C=O) groups is 1. The number of nitrogen functional groups attached to an aromatic ring is 1. The van der Waals surface area contributed by atoms with E-state index in [4.69, 9.17) is 5.73 Å². The molecule has 0 aliphatic carbocycles. The van der Waals surface area contributed by atoms with Crippen molar-refractivity contribution in [3.63, 3.8) is 0 Å². The molecule has 1 amide bonds. The van der Waals surface area contributed by atoms with E-state index in [1.165, 1.54) is 0 Å². The number of halogens is 1. The van der Waals surface area contributed by atoms with Crippen LogP contribution in [0.2, 0.25) is 0 Å². The number of pyridine rings is 1. The van der Waals surface area contributed by atoms with E-state index in [9.17, 15) is 4.79 Å². The minimum atomic E-state index is -0.00810. The highest BCUT2D eigenvalue weighted by Gasteiger charge is 2.04. The van der Waals surface area contributed by atoms with Gasteiger partial charge in [-0.1, -0.05) is 0 Å². The maximum Gasteiger partial charge on any atom is 0.221 e. The molecule has 0 saturated heterocycles. The molecule has 5 nitrogen and oxygen atoms in total. The molecule has 0 atom stereocenters. The largest absolute Gasteiger partial charge is 0.396 e. The fraction of sp³-hybridized carbons (Fsp3) is 0.333. The van der Waals surface area contributed by atoms with Gasteiger partial charge in [0.15, 0.2) is 0 Å². The molecule has 0 spiro atoms. The Morgan fingerprint density at radius 2 is 2.33 bits per heavy atom. The van der Waals surface area contributed by atoms with Crippen molar-refractivity contribution in [1.29, 1.82) is 0 Å². The fourth-order valence-corrected chi connectivity index (χ4v) is 1.55. The first-order chi connectivity index (χ1) is 7.15. The number of anilines is 2. The lowest BCUT2D eigenvalue weighted by molar-refractivity contribution is -0.120. The zero-order chi connectivity index (χ0) is 11.3. The Bertz CT molecular complexity index is 336. The Balaban J connectivity index is 2.54. The number of nitrogens with two attached hydrogens (primary N) is 1. The van der Waals surface area contributed by atoms with E-state index in [2.05, 4.69) is 31.5 Å². The van der Waals surface area contributed by atoms with Gasteiger partial charge in [0.1, 0.15) is 0 Å². The molecule has 0 fully saturated rings. The molecular formula is C9H13BrN4O. The summed E-state index contributed by atoms with van der Waals surface area (Å²) in [5, 5.41) is 5.62. The third-order valence-corrected chi connectivity index (χ3v) is 2.46. The molecule has 1 aromatic rings. The van der Waals surface area contributed by atoms with Crippen LogP contribution in [0, 0.1) is 0 Å². The summed E-state index contributed by atoms with van der Waals surface area (Å²) in [5.74, 6) is -0.00810. The molecule has 1 aromatic heterocycles. The number of aromatic nitrogens is 1. The molecule has 15 heavy (non-hydrogen) atoms. The molecule has 0 aromatic carbocycles. The van der Waals surface area contributed by atoms with E-state index >= 15 is 0 Å². The average Bonchev–Trinajstić information content (AvgIpc) is 2.22. The molecule has 6 heteroatoms. The molecule has 1 rings (SSSR count). The molecule has 1 heterocycles. The maximum absolute atomic E-state index is 11.0. The zero-order valence-corrected chi connectivity index (χ0v) is 9.97. The smallest absolute Gasteiger partial charge is 0.221 e. The Hall–Kier alpha value is -1.30. The third-order valence-electron chi connectivity index (χ3n) is 1.86. The summed E-state index contributed by atoms with van der Waals surface area (Å²) in [7, 11) is 1.61. The van der Waals surface area contributed by atoms with Gasteiger partial charge in [0.25, 0.3) is 0 Å². The maximum atomic E-state index is 11.0. The highest BCUT2D eigenvalue weighted by molar-refractivity contribution is 9.10. The summed E-state index contributed by atoms with van der Waals surface area (Å²) >= 11 is 3.33. The van der Waals surface area contributed by atoms with Gasteiger partial charge in [0.2, 0.25) is 5.91 Å². The second-order valence-electron chi connectivity index (χ2n) is 2.94. The van der Waals surface area contributed by atoms with Crippen LogP contribution in [0.5, 0.6) is 0 Å². The Morgan fingerprint density at radius 1 is 1.60 bits per heavy atom. The first-order valence-electron chi connectivity index (χ1n) is 4.48. The van der Waals surface area contributed by atoms with E-state index in [-0.39, 0.29) is 5.91 Å². The van der Waals surface area contributed by atoms with E-state index in [0.29, 0.717) is 18.7 Å². The lowest BCUT2D eigenvalue weighted by Gasteiger charge is -2.09. The minimum absolute atomic E-state index is 0.00810. The lowest BCUT2D eigenvalue weighted by atomic mass is 10.3. The summed E-state index contributed by atoms with van der Waals surface area (Å²) in [6.45, 7) is 0.534. The SMILES string of the molecule is CNC(=O)CCNc1c(N)cncc1Br. The fourth-order valence-electron chi connectivity index (χ4n) is 1.06. The van der Waals surface area contributed by atoms with Crippen molar-refractivity contribution in [1.82, 2.24) is 10.3 Å². The van der Waals surface area contributed by atoms with Crippen LogP contribution in [0.25, 0.3) is 0 Å². The Morgan fingerprint density at radius 3 is 2.93 bits per heavy atom. The van der Waals surface area contributed by atoms with Gasteiger partial charge >= 0.3 is 0 Å². The number of hydrogen-bond donors (Lipinski definition) is 3. The van der Waals surface area contributed by atoms with Gasteiger partial charge in [-0.05, 0) is 15.9 Å². The highest BCUT2D eigenvalue weighted by Crippen LogP contribution is 2.26. The molecule has 0 aliphatic rings. The number of rotatable bonds is 4. The monoisotopic (exact) mass is 272 g/mol. The Kier molecular flexibility index (Phi) is 4.36. The molecular weight excluding hydrogens is 260 g/mol. The van der Waals surface area contributed by atoms with Crippen LogP contribution in [0.15, 0.2) is 16.9 Å². The number of nitrogens with one attached hydrogen (secondary N) is 2. The summed E-state index contributed by atoms with van der Waals surface area (Å²) < 4.78 is 0.791. The van der Waals surface area contributed by atoms with Crippen molar-refractivity contribution in [2.75, 3.05) is 24.6 Å².